The van der Waals surface area contributed by atoms with Crippen molar-refractivity contribution in [3.8, 4) is 11.5 Å². The first kappa shape index (κ1) is 17.2. The van der Waals surface area contributed by atoms with Crippen LogP contribution in [0.4, 0.5) is 0 Å². The second-order valence-electron chi connectivity index (χ2n) is 4.83. The minimum atomic E-state index is 0.495. The Hall–Kier alpha value is -3.14. The lowest BCUT2D eigenvalue weighted by atomic mass is 10.2. The van der Waals surface area contributed by atoms with E-state index in [0.717, 1.165) is 22.6 Å². The lowest BCUT2D eigenvalue weighted by Crippen LogP contribution is -1.92. The maximum Gasteiger partial charge on any atom is 0.119 e. The van der Waals surface area contributed by atoms with Gasteiger partial charge in [0, 0.05) is 0 Å². The highest BCUT2D eigenvalue weighted by Crippen LogP contribution is 2.12. The van der Waals surface area contributed by atoms with Crippen molar-refractivity contribution in [3.63, 3.8) is 0 Å². The third-order valence-corrected chi connectivity index (χ3v) is 2.98. The molecule has 0 aliphatic rings. The van der Waals surface area contributed by atoms with E-state index in [1.165, 1.54) is 0 Å². The molecule has 0 N–H and O–H groups in total. The fourth-order valence-corrected chi connectivity index (χ4v) is 1.81. The van der Waals surface area contributed by atoms with Crippen molar-refractivity contribution < 1.29 is 9.47 Å². The number of rotatable bonds is 9. The molecule has 0 saturated heterocycles. The molecule has 0 amide bonds. The van der Waals surface area contributed by atoms with E-state index in [0.29, 0.717) is 13.2 Å². The van der Waals surface area contributed by atoms with Gasteiger partial charge < -0.3 is 9.47 Å². The van der Waals surface area contributed by atoms with Crippen LogP contribution in [0.15, 0.2) is 84.0 Å². The number of benzene rings is 2. The van der Waals surface area contributed by atoms with Crippen LogP contribution < -0.4 is 9.47 Å². The monoisotopic (exact) mass is 320 g/mol. The summed E-state index contributed by atoms with van der Waals surface area (Å²) < 4.78 is 10.8. The van der Waals surface area contributed by atoms with Crippen LogP contribution in [0.2, 0.25) is 0 Å². The molecule has 0 atom stereocenters. The average molecular weight is 320 g/mol. The van der Waals surface area contributed by atoms with E-state index in [1.54, 1.807) is 24.6 Å². The van der Waals surface area contributed by atoms with E-state index in [-0.39, 0.29) is 0 Å². The average Bonchev–Trinajstić information content (AvgIpc) is 2.64. The lowest BCUT2D eigenvalue weighted by molar-refractivity contribution is 0.363. The first-order valence-electron chi connectivity index (χ1n) is 7.56. The van der Waals surface area contributed by atoms with Gasteiger partial charge in [0.1, 0.15) is 24.7 Å². The van der Waals surface area contributed by atoms with Crippen LogP contribution in [0.1, 0.15) is 11.1 Å². The van der Waals surface area contributed by atoms with Crippen molar-refractivity contribution in [2.45, 2.75) is 0 Å². The molecule has 0 bridgehead atoms. The van der Waals surface area contributed by atoms with Gasteiger partial charge in [0.15, 0.2) is 0 Å². The zero-order chi connectivity index (χ0) is 17.0. The van der Waals surface area contributed by atoms with E-state index in [9.17, 15) is 0 Å². The summed E-state index contributed by atoms with van der Waals surface area (Å²) in [6.45, 7) is 8.22. The van der Waals surface area contributed by atoms with Crippen LogP contribution in [0.5, 0.6) is 11.5 Å². The molecule has 2 aromatic rings. The Balaban J connectivity index is 1.87. The molecule has 4 heteroatoms. The van der Waals surface area contributed by atoms with Crippen LogP contribution in [0.3, 0.4) is 0 Å². The Bertz CT molecular complexity index is 638. The molecule has 2 rings (SSSR count). The van der Waals surface area contributed by atoms with E-state index >= 15 is 0 Å². The first-order chi connectivity index (χ1) is 11.8. The Morgan fingerprint density at radius 2 is 1.04 bits per heavy atom. The number of nitrogens with zero attached hydrogens (tertiary/aromatic N) is 2. The molecule has 0 heterocycles. The Kier molecular flexibility index (Phi) is 7.02. The van der Waals surface area contributed by atoms with Crippen molar-refractivity contribution in [2.24, 2.45) is 10.2 Å². The minimum Gasteiger partial charge on any atom is -0.490 e. The van der Waals surface area contributed by atoms with Gasteiger partial charge in [-0.05, 0) is 59.7 Å². The Morgan fingerprint density at radius 3 is 1.38 bits per heavy atom. The molecule has 0 aromatic heterocycles. The SMILES string of the molecule is C=CCOc1ccc(/C=N/N=C/c2ccc(OCC=C)cc2)cc1. The maximum atomic E-state index is 5.42. The number of hydrogen-bond donors (Lipinski definition) is 0. The lowest BCUT2D eigenvalue weighted by Gasteiger charge is -2.02. The van der Waals surface area contributed by atoms with E-state index in [1.807, 2.05) is 48.5 Å². The fourth-order valence-electron chi connectivity index (χ4n) is 1.81. The fraction of sp³-hybridized carbons (Fsp3) is 0.100. The molecule has 0 fully saturated rings. The van der Waals surface area contributed by atoms with Gasteiger partial charge in [-0.2, -0.15) is 10.2 Å². The zero-order valence-electron chi connectivity index (χ0n) is 13.5. The third-order valence-electron chi connectivity index (χ3n) is 2.98. The summed E-state index contributed by atoms with van der Waals surface area (Å²) in [7, 11) is 0. The molecule has 4 nitrogen and oxygen atoms in total. The molecule has 2 aromatic carbocycles. The van der Waals surface area contributed by atoms with Gasteiger partial charge in [-0.15, -0.1) is 0 Å². The van der Waals surface area contributed by atoms with Crippen LogP contribution in [-0.4, -0.2) is 25.6 Å². The molecule has 0 unspecified atom stereocenters. The molecule has 24 heavy (non-hydrogen) atoms. The maximum absolute atomic E-state index is 5.42. The van der Waals surface area contributed by atoms with Crippen molar-refractivity contribution in [1.29, 1.82) is 0 Å². The predicted molar refractivity (Wildman–Crippen MR) is 99.5 cm³/mol. The van der Waals surface area contributed by atoms with Gasteiger partial charge in [0.25, 0.3) is 0 Å². The van der Waals surface area contributed by atoms with Crippen LogP contribution >= 0.6 is 0 Å². The molecular weight excluding hydrogens is 300 g/mol. The summed E-state index contributed by atoms with van der Waals surface area (Å²) in [5.41, 5.74) is 1.90. The van der Waals surface area contributed by atoms with Gasteiger partial charge in [-0.3, -0.25) is 0 Å². The Labute approximate surface area is 142 Å². The summed E-state index contributed by atoms with van der Waals surface area (Å²) in [5.74, 6) is 1.60. The summed E-state index contributed by atoms with van der Waals surface area (Å²) in [4.78, 5) is 0. The van der Waals surface area contributed by atoms with Crippen LogP contribution in [0, 0.1) is 0 Å². The van der Waals surface area contributed by atoms with Crippen molar-refractivity contribution in [3.05, 3.63) is 85.0 Å². The van der Waals surface area contributed by atoms with E-state index < -0.39 is 0 Å². The standard InChI is InChI=1S/C20H20N2O2/c1-3-13-23-19-9-5-17(6-10-19)15-21-22-16-18-7-11-20(12-8-18)24-14-4-2/h3-12,15-16H,1-2,13-14H2/b21-15+,22-16+. The minimum absolute atomic E-state index is 0.495. The Morgan fingerprint density at radius 1 is 0.667 bits per heavy atom. The zero-order valence-corrected chi connectivity index (χ0v) is 13.5. The van der Waals surface area contributed by atoms with Gasteiger partial charge in [0.2, 0.25) is 0 Å². The van der Waals surface area contributed by atoms with Crippen molar-refractivity contribution >= 4 is 12.4 Å². The van der Waals surface area contributed by atoms with Gasteiger partial charge in [-0.1, -0.05) is 25.3 Å². The molecular formula is C20H20N2O2. The number of ether oxygens (including phenoxy) is 2. The van der Waals surface area contributed by atoms with Gasteiger partial charge in [-0.25, -0.2) is 0 Å². The topological polar surface area (TPSA) is 43.2 Å². The molecule has 0 saturated carbocycles. The predicted octanol–water partition coefficient (Wildman–Crippen LogP) is 4.27. The quantitative estimate of drug-likeness (QED) is 0.393. The number of hydrogen-bond acceptors (Lipinski definition) is 4. The largest absolute Gasteiger partial charge is 0.490 e. The molecule has 122 valence electrons. The highest BCUT2D eigenvalue weighted by atomic mass is 16.5. The van der Waals surface area contributed by atoms with Crippen molar-refractivity contribution in [1.82, 2.24) is 0 Å². The van der Waals surface area contributed by atoms with Gasteiger partial charge in [0.05, 0.1) is 12.4 Å². The normalized spacial score (nSPS) is 10.8. The van der Waals surface area contributed by atoms with Crippen molar-refractivity contribution in [2.75, 3.05) is 13.2 Å². The summed E-state index contributed by atoms with van der Waals surface area (Å²) in [6.07, 6.45) is 6.80. The van der Waals surface area contributed by atoms with Gasteiger partial charge >= 0.3 is 0 Å². The smallest absolute Gasteiger partial charge is 0.119 e. The van der Waals surface area contributed by atoms with E-state index in [2.05, 4.69) is 23.4 Å². The summed E-state index contributed by atoms with van der Waals surface area (Å²) >= 11 is 0. The first-order valence-corrected chi connectivity index (χ1v) is 7.56. The highest BCUT2D eigenvalue weighted by Gasteiger charge is 1.93. The second-order valence-corrected chi connectivity index (χ2v) is 4.83. The molecule has 0 radical (unpaired) electrons. The second kappa shape index (κ2) is 9.79. The summed E-state index contributed by atoms with van der Waals surface area (Å²) in [5, 5.41) is 8.09. The van der Waals surface area contributed by atoms with E-state index in [4.69, 9.17) is 9.47 Å². The highest BCUT2D eigenvalue weighted by molar-refractivity contribution is 5.82. The molecule has 0 aliphatic carbocycles. The van der Waals surface area contributed by atoms with Crippen LogP contribution in [0.25, 0.3) is 0 Å². The third kappa shape index (κ3) is 5.93. The molecule has 0 spiro atoms. The summed E-state index contributed by atoms with van der Waals surface area (Å²) in [6, 6.07) is 15.2. The molecule has 0 aliphatic heterocycles. The van der Waals surface area contributed by atoms with Crippen LogP contribution in [-0.2, 0) is 0 Å².